The molecule has 2 saturated carbocycles. The molecular weight excluding hydrogens is 653 g/mol. The fourth-order valence-electron chi connectivity index (χ4n) is 9.30. The van der Waals surface area contributed by atoms with Gasteiger partial charge in [-0.15, -0.1) is 0 Å². The molecule has 4 bridgehead atoms. The zero-order valence-corrected chi connectivity index (χ0v) is 30.5. The fourth-order valence-corrected chi connectivity index (χ4v) is 13.0. The molecule has 1 aromatic heterocycles. The van der Waals surface area contributed by atoms with Crippen molar-refractivity contribution in [2.24, 2.45) is 11.3 Å². The Hall–Kier alpha value is -3.11. The number of nitrogen functional groups attached to an aromatic ring is 1. The van der Waals surface area contributed by atoms with Gasteiger partial charge in [0.15, 0.2) is 17.3 Å². The lowest BCUT2D eigenvalue weighted by Crippen LogP contribution is -2.49. The Bertz CT molecular complexity index is 1650. The molecule has 0 radical (unpaired) electrons. The van der Waals surface area contributed by atoms with Crippen LogP contribution in [0.4, 0.5) is 5.82 Å². The predicted molar refractivity (Wildman–Crippen MR) is 199 cm³/mol. The van der Waals surface area contributed by atoms with Crippen LogP contribution < -0.4 is 15.8 Å². The number of aromatic nitrogens is 1. The van der Waals surface area contributed by atoms with Gasteiger partial charge in [-0.05, 0) is 109 Å². The Kier molecular flexibility index (Phi) is 9.99. The molecule has 4 atom stereocenters. The smallest absolute Gasteiger partial charge is 0.166 e. The zero-order chi connectivity index (χ0) is 34.2. The lowest BCUT2D eigenvalue weighted by molar-refractivity contribution is -0.125. The Morgan fingerprint density at radius 1 is 1.10 bits per heavy atom. The molecule has 0 saturated heterocycles. The van der Waals surface area contributed by atoms with Gasteiger partial charge in [-0.3, -0.25) is 9.59 Å². The SMILES string of the molecule is CC[C@H]1CCC(=O)CC(=O)C2=Cc3cc(OC)c(O)cc3[C@H](CC2)c2cnc(N)c(c2)[C@@H]([C@]2(N3C=CNC3)CCC3(CCCC3)C2)SSC1. The average molecular weight is 703 g/mol. The third-order valence-electron chi connectivity index (χ3n) is 12.2. The number of methoxy groups -OCH3 is 1. The van der Waals surface area contributed by atoms with Gasteiger partial charge in [0.25, 0.3) is 0 Å². The summed E-state index contributed by atoms with van der Waals surface area (Å²) >= 11 is 0. The molecule has 49 heavy (non-hydrogen) atoms. The van der Waals surface area contributed by atoms with Gasteiger partial charge in [0.2, 0.25) is 0 Å². The molecule has 8 nitrogen and oxygen atoms in total. The first-order valence-corrected chi connectivity index (χ1v) is 20.5. The van der Waals surface area contributed by atoms with Crippen molar-refractivity contribution in [3.05, 3.63) is 64.6 Å². The summed E-state index contributed by atoms with van der Waals surface area (Å²) in [5.74, 6) is 2.07. The lowest BCUT2D eigenvalue weighted by Gasteiger charge is -2.46. The van der Waals surface area contributed by atoms with Gasteiger partial charge in [-0.25, -0.2) is 4.98 Å². The number of nitrogens with two attached hydrogens (primary N) is 1. The summed E-state index contributed by atoms with van der Waals surface area (Å²) in [7, 11) is 5.39. The highest BCUT2D eigenvalue weighted by Crippen LogP contribution is 2.64. The summed E-state index contributed by atoms with van der Waals surface area (Å²) in [4.78, 5) is 34.3. The zero-order valence-electron chi connectivity index (χ0n) is 28.8. The molecule has 0 amide bonds. The number of carbonyl (C=O) groups is 2. The van der Waals surface area contributed by atoms with Crippen LogP contribution in [0.25, 0.3) is 6.08 Å². The van der Waals surface area contributed by atoms with E-state index in [0.717, 1.165) is 60.4 Å². The Morgan fingerprint density at radius 2 is 1.94 bits per heavy atom. The molecule has 7 rings (SSSR count). The second-order valence-electron chi connectivity index (χ2n) is 15.0. The highest BCUT2D eigenvalue weighted by atomic mass is 33.1. The van der Waals surface area contributed by atoms with Gasteiger partial charge in [-0.1, -0.05) is 47.8 Å². The normalized spacial score (nSPS) is 28.7. The van der Waals surface area contributed by atoms with Gasteiger partial charge in [-0.2, -0.15) is 0 Å². The number of phenolic OH excluding ortho intramolecular Hbond substituents is 1. The van der Waals surface area contributed by atoms with Crippen molar-refractivity contribution in [3.63, 3.8) is 0 Å². The number of rotatable bonds is 4. The monoisotopic (exact) mass is 702 g/mol. The van der Waals surface area contributed by atoms with E-state index < -0.39 is 0 Å². The van der Waals surface area contributed by atoms with Crippen LogP contribution in [0, 0.1) is 11.3 Å². The number of aromatic hydroxyl groups is 1. The molecule has 10 heteroatoms. The van der Waals surface area contributed by atoms with E-state index >= 15 is 0 Å². The van der Waals surface area contributed by atoms with E-state index in [4.69, 9.17) is 15.5 Å². The largest absolute Gasteiger partial charge is 0.504 e. The highest BCUT2D eigenvalue weighted by molar-refractivity contribution is 8.76. The Morgan fingerprint density at radius 3 is 2.69 bits per heavy atom. The summed E-state index contributed by atoms with van der Waals surface area (Å²) in [6.07, 6.45) is 20.1. The van der Waals surface area contributed by atoms with Crippen LogP contribution in [0.2, 0.25) is 0 Å². The molecule has 4 N–H and O–H groups in total. The molecule has 2 aliphatic heterocycles. The second kappa shape index (κ2) is 14.3. The van der Waals surface area contributed by atoms with Crippen LogP contribution in [0.1, 0.15) is 124 Å². The third-order valence-corrected chi connectivity index (χ3v) is 15.2. The van der Waals surface area contributed by atoms with E-state index in [1.54, 1.807) is 6.07 Å². The number of ketones is 2. The van der Waals surface area contributed by atoms with Crippen molar-refractivity contribution in [2.75, 3.05) is 25.3 Å². The third kappa shape index (κ3) is 6.72. The topological polar surface area (TPSA) is 118 Å². The number of hydrogen-bond donors (Lipinski definition) is 3. The number of ether oxygens (including phenoxy) is 1. The van der Waals surface area contributed by atoms with E-state index in [-0.39, 0.29) is 40.4 Å². The van der Waals surface area contributed by atoms with Crippen LogP contribution >= 0.6 is 21.6 Å². The summed E-state index contributed by atoms with van der Waals surface area (Å²) < 4.78 is 5.49. The van der Waals surface area contributed by atoms with Crippen molar-refractivity contribution in [1.29, 1.82) is 0 Å². The van der Waals surface area contributed by atoms with E-state index in [2.05, 4.69) is 35.6 Å². The van der Waals surface area contributed by atoms with Gasteiger partial charge in [0, 0.05) is 42.3 Å². The first-order valence-electron chi connectivity index (χ1n) is 18.1. The quantitative estimate of drug-likeness (QED) is 0.212. The number of nitrogens with zero attached hydrogens (tertiary/aromatic N) is 2. The number of allylic oxidation sites excluding steroid dienone is 1. The van der Waals surface area contributed by atoms with E-state index in [0.29, 0.717) is 47.7 Å². The molecule has 1 spiro atoms. The van der Waals surface area contributed by atoms with Gasteiger partial charge in [0.05, 0.1) is 31.0 Å². The van der Waals surface area contributed by atoms with Crippen LogP contribution in [0.15, 0.2) is 42.4 Å². The molecule has 1 aromatic carbocycles. The lowest BCUT2D eigenvalue weighted by atomic mass is 9.78. The molecule has 2 aromatic rings. The van der Waals surface area contributed by atoms with Crippen molar-refractivity contribution < 1.29 is 19.4 Å². The standard InChI is InChI=1S/C39H50N4O4S2/c1-3-25-6-8-29(44)19-33(45)26-7-9-30(31-20-34(46)35(47-2)18-27(31)16-26)28-17-32(37(40)42-21-28)36(49-48-22-25)39(43-15-14-41-24-43)13-12-38(23-39)10-4-5-11-38/h14-18,20-21,25,30,36,41,46H,3-13,19,22-24H2,1-2H3,(H2,40,42)/t25-,30+,36-,39-/m0/s1. The number of nitrogens with one attached hydrogen (secondary N) is 1. The number of carbonyl (C=O) groups excluding carboxylic acids is 2. The van der Waals surface area contributed by atoms with Crippen molar-refractivity contribution in [3.8, 4) is 11.5 Å². The maximum Gasteiger partial charge on any atom is 0.166 e. The van der Waals surface area contributed by atoms with Gasteiger partial charge in [0.1, 0.15) is 11.6 Å². The molecular formula is C39H50N4O4S2. The minimum atomic E-state index is -0.136. The average Bonchev–Trinajstić information content (AvgIpc) is 3.86. The first-order chi connectivity index (χ1) is 23.7. The maximum atomic E-state index is 13.6. The van der Waals surface area contributed by atoms with Crippen LogP contribution in [-0.2, 0) is 9.59 Å². The summed E-state index contributed by atoms with van der Waals surface area (Å²) in [5.41, 5.74) is 11.7. The van der Waals surface area contributed by atoms with Gasteiger partial charge < -0.3 is 25.8 Å². The van der Waals surface area contributed by atoms with Crippen molar-refractivity contribution in [2.45, 2.75) is 107 Å². The Labute approximate surface area is 298 Å². The van der Waals surface area contributed by atoms with E-state index in [9.17, 15) is 14.7 Å². The van der Waals surface area contributed by atoms with Crippen LogP contribution in [0.5, 0.6) is 11.5 Å². The number of fused-ring (bicyclic) bond motifs is 8. The second-order valence-corrected chi connectivity index (χ2v) is 17.5. The van der Waals surface area contributed by atoms with Crippen LogP contribution in [0.3, 0.4) is 0 Å². The summed E-state index contributed by atoms with van der Waals surface area (Å²) in [5, 5.41) is 14.5. The number of phenols is 1. The van der Waals surface area contributed by atoms with E-state index in [1.807, 2.05) is 39.9 Å². The van der Waals surface area contributed by atoms with Crippen LogP contribution in [-0.4, -0.2) is 51.6 Å². The number of anilines is 1. The maximum absolute atomic E-state index is 13.6. The molecule has 3 aliphatic carbocycles. The molecule has 3 heterocycles. The molecule has 2 fully saturated rings. The summed E-state index contributed by atoms with van der Waals surface area (Å²) in [6.45, 7) is 2.99. The minimum absolute atomic E-state index is 0.0113. The van der Waals surface area contributed by atoms with Crippen molar-refractivity contribution >= 4 is 45.0 Å². The number of benzene rings is 1. The molecule has 262 valence electrons. The fraction of sp³-hybridized carbons (Fsp3) is 0.564. The molecule has 0 unspecified atom stereocenters. The number of pyridine rings is 1. The minimum Gasteiger partial charge on any atom is -0.504 e. The molecule has 5 aliphatic rings. The summed E-state index contributed by atoms with van der Waals surface area (Å²) in [6, 6.07) is 5.87. The van der Waals surface area contributed by atoms with Gasteiger partial charge >= 0.3 is 0 Å². The predicted octanol–water partition coefficient (Wildman–Crippen LogP) is 8.27. The van der Waals surface area contributed by atoms with E-state index in [1.165, 1.54) is 39.2 Å². The highest BCUT2D eigenvalue weighted by Gasteiger charge is 2.56. The first kappa shape index (κ1) is 34.3. The van der Waals surface area contributed by atoms with Crippen molar-refractivity contribution in [1.82, 2.24) is 15.2 Å². The number of hydrogen-bond acceptors (Lipinski definition) is 10. The Balaban J connectivity index is 1.37. The number of Topliss-reactive ketones (excluding diaryl/α,β-unsaturated/α-hetero) is 2.